The second kappa shape index (κ2) is 7.89. The third-order valence-corrected chi connectivity index (χ3v) is 8.56. The lowest BCUT2D eigenvalue weighted by atomic mass is 9.95. The highest BCUT2D eigenvalue weighted by Crippen LogP contribution is 2.44. The van der Waals surface area contributed by atoms with Crippen LogP contribution in [0.25, 0.3) is 53.5 Å². The Hall–Kier alpha value is -3.24. The Morgan fingerprint density at radius 2 is 1.77 bits per heavy atom. The van der Waals surface area contributed by atoms with Crippen molar-refractivity contribution in [1.82, 2.24) is 4.98 Å². The predicted octanol–water partition coefficient (Wildman–Crippen LogP) is 8.27. The van der Waals surface area contributed by atoms with E-state index < -0.39 is 0 Å². The normalized spacial score (nSPS) is 12.2. The molecule has 0 unspecified atom stereocenters. The minimum atomic E-state index is 0.607. The summed E-state index contributed by atoms with van der Waals surface area (Å²) < 4.78 is 11.4. The van der Waals surface area contributed by atoms with Gasteiger partial charge in [0.25, 0.3) is 6.33 Å². The summed E-state index contributed by atoms with van der Waals surface area (Å²) in [5, 5.41) is 3.67. The van der Waals surface area contributed by atoms with Crippen LogP contribution in [-0.4, -0.2) is 4.98 Å². The van der Waals surface area contributed by atoms with E-state index in [1.165, 1.54) is 64.6 Å². The quantitative estimate of drug-likeness (QED) is 0.239. The van der Waals surface area contributed by atoms with Gasteiger partial charge in [-0.2, -0.15) is 0 Å². The molecule has 0 spiro atoms. The molecule has 0 aliphatic heterocycles. The third-order valence-electron chi connectivity index (χ3n) is 7.29. The maximum atomic E-state index is 6.66. The molecule has 6 rings (SSSR count). The van der Waals surface area contributed by atoms with Gasteiger partial charge in [-0.15, -0.1) is 11.3 Å². The van der Waals surface area contributed by atoms with E-state index in [2.05, 4.69) is 89.6 Å². The molecule has 0 aliphatic rings. The second-order valence-corrected chi connectivity index (χ2v) is 11.5. The standard InChI is InChI=1S/C31H31N2OS/c1-16(2)11-21-9-8-10-22-27-31(35-30(21)22)28(33(7)15-32-27)26-20(6)18(4)14-23-25-19(5)12-17(3)13-24(25)34-29(23)26/h8-10,12-16H,11H2,1-7H3/q+1. The SMILES string of the molecule is Cc1cc(C)c2c(c1)oc1c(-c3c4sc5c(CC(C)C)cccc5c4nc[n+]3C)c(C)c(C)cc12. The van der Waals surface area contributed by atoms with Crippen molar-refractivity contribution >= 4 is 53.6 Å². The predicted molar refractivity (Wildman–Crippen MR) is 149 cm³/mol. The monoisotopic (exact) mass is 479 g/mol. The molecule has 3 aromatic carbocycles. The topological polar surface area (TPSA) is 29.9 Å². The van der Waals surface area contributed by atoms with Gasteiger partial charge in [0, 0.05) is 20.9 Å². The molecule has 176 valence electrons. The lowest BCUT2D eigenvalue weighted by Gasteiger charge is -2.11. The third kappa shape index (κ3) is 3.30. The highest BCUT2D eigenvalue weighted by molar-refractivity contribution is 7.26. The van der Waals surface area contributed by atoms with Crippen molar-refractivity contribution in [2.75, 3.05) is 0 Å². The summed E-state index contributed by atoms with van der Waals surface area (Å²) in [4.78, 5) is 4.92. The maximum absolute atomic E-state index is 6.66. The molecule has 0 fully saturated rings. The number of benzene rings is 3. The van der Waals surface area contributed by atoms with Gasteiger partial charge in [-0.3, -0.25) is 0 Å². The summed E-state index contributed by atoms with van der Waals surface area (Å²) in [6.07, 6.45) is 3.03. The van der Waals surface area contributed by atoms with E-state index in [1.807, 2.05) is 17.7 Å². The second-order valence-electron chi connectivity index (χ2n) is 10.5. The van der Waals surface area contributed by atoms with Crippen molar-refractivity contribution in [3.8, 4) is 11.3 Å². The highest BCUT2D eigenvalue weighted by atomic mass is 32.1. The smallest absolute Gasteiger partial charge is 0.287 e. The molecule has 0 radical (unpaired) electrons. The molecule has 0 saturated carbocycles. The highest BCUT2D eigenvalue weighted by Gasteiger charge is 2.27. The van der Waals surface area contributed by atoms with Crippen LogP contribution in [0.5, 0.6) is 0 Å². The molecule has 3 aromatic heterocycles. The van der Waals surface area contributed by atoms with Gasteiger partial charge in [0.2, 0.25) is 5.52 Å². The van der Waals surface area contributed by atoms with Gasteiger partial charge in [-0.25, -0.2) is 4.57 Å². The van der Waals surface area contributed by atoms with Gasteiger partial charge in [-0.1, -0.05) is 32.0 Å². The Balaban J connectivity index is 1.77. The number of fused-ring (bicyclic) bond motifs is 6. The number of furan rings is 1. The lowest BCUT2D eigenvalue weighted by molar-refractivity contribution is -0.662. The Labute approximate surface area is 210 Å². The van der Waals surface area contributed by atoms with E-state index in [9.17, 15) is 0 Å². The van der Waals surface area contributed by atoms with E-state index >= 15 is 0 Å². The van der Waals surface area contributed by atoms with Crippen LogP contribution in [-0.2, 0) is 13.5 Å². The van der Waals surface area contributed by atoms with Crippen molar-refractivity contribution in [1.29, 1.82) is 0 Å². The Bertz CT molecular complexity index is 1800. The molecule has 0 N–H and O–H groups in total. The van der Waals surface area contributed by atoms with Crippen molar-refractivity contribution in [3.05, 3.63) is 70.5 Å². The zero-order chi connectivity index (χ0) is 24.6. The number of nitrogens with zero attached hydrogens (tertiary/aromatic N) is 2. The average molecular weight is 480 g/mol. The summed E-state index contributed by atoms with van der Waals surface area (Å²) in [5.74, 6) is 0.607. The van der Waals surface area contributed by atoms with Crippen molar-refractivity contribution in [2.45, 2.75) is 48.0 Å². The van der Waals surface area contributed by atoms with E-state index in [0.29, 0.717) is 5.92 Å². The number of aryl methyl sites for hydroxylation is 4. The van der Waals surface area contributed by atoms with Gasteiger partial charge in [0.05, 0.1) is 12.6 Å². The van der Waals surface area contributed by atoms with Crippen LogP contribution in [0.3, 0.4) is 0 Å². The first-order valence-corrected chi connectivity index (χ1v) is 13.2. The molecule has 3 heterocycles. The zero-order valence-corrected chi connectivity index (χ0v) is 22.4. The van der Waals surface area contributed by atoms with Gasteiger partial charge >= 0.3 is 0 Å². The number of aromatic nitrogens is 2. The minimum absolute atomic E-state index is 0.607. The van der Waals surface area contributed by atoms with Crippen molar-refractivity contribution < 1.29 is 8.98 Å². The summed E-state index contributed by atoms with van der Waals surface area (Å²) >= 11 is 1.88. The van der Waals surface area contributed by atoms with Gasteiger partial charge in [0.15, 0.2) is 5.69 Å². The van der Waals surface area contributed by atoms with Gasteiger partial charge in [0.1, 0.15) is 15.9 Å². The van der Waals surface area contributed by atoms with Crippen molar-refractivity contribution in [2.24, 2.45) is 13.0 Å². The molecule has 0 saturated heterocycles. The summed E-state index contributed by atoms with van der Waals surface area (Å²) in [6, 6.07) is 13.4. The van der Waals surface area contributed by atoms with Gasteiger partial charge in [-0.05, 0) is 91.0 Å². The van der Waals surface area contributed by atoms with E-state index in [4.69, 9.17) is 9.40 Å². The largest absolute Gasteiger partial charge is 0.455 e. The first kappa shape index (κ1) is 22.2. The fraction of sp³-hybridized carbons (Fsp3) is 0.290. The van der Waals surface area contributed by atoms with Crippen LogP contribution in [0, 0.1) is 33.6 Å². The molecule has 0 aliphatic carbocycles. The number of rotatable bonds is 3. The van der Waals surface area contributed by atoms with Crippen LogP contribution in [0.2, 0.25) is 0 Å². The van der Waals surface area contributed by atoms with E-state index in [-0.39, 0.29) is 0 Å². The molecule has 0 amide bonds. The molecule has 0 bridgehead atoms. The first-order valence-electron chi connectivity index (χ1n) is 12.4. The number of hydrogen-bond acceptors (Lipinski definition) is 3. The molecule has 35 heavy (non-hydrogen) atoms. The summed E-state index contributed by atoms with van der Waals surface area (Å²) in [6.45, 7) is 13.3. The Kier molecular flexibility index (Phi) is 5.01. The van der Waals surface area contributed by atoms with Crippen LogP contribution in [0.15, 0.2) is 47.1 Å². The van der Waals surface area contributed by atoms with E-state index in [0.717, 1.165) is 23.1 Å². The fourth-order valence-corrected chi connectivity index (χ4v) is 7.00. The fourth-order valence-electron chi connectivity index (χ4n) is 5.64. The van der Waals surface area contributed by atoms with Crippen LogP contribution >= 0.6 is 11.3 Å². The Morgan fingerprint density at radius 1 is 0.971 bits per heavy atom. The van der Waals surface area contributed by atoms with Crippen molar-refractivity contribution in [3.63, 3.8) is 0 Å². The minimum Gasteiger partial charge on any atom is -0.455 e. The average Bonchev–Trinajstić information content (AvgIpc) is 3.34. The summed E-state index contributed by atoms with van der Waals surface area (Å²) in [7, 11) is 2.10. The summed E-state index contributed by atoms with van der Waals surface area (Å²) in [5.41, 5.74) is 11.8. The van der Waals surface area contributed by atoms with Crippen LogP contribution in [0.1, 0.15) is 41.7 Å². The number of hydrogen-bond donors (Lipinski definition) is 0. The van der Waals surface area contributed by atoms with E-state index in [1.54, 1.807) is 0 Å². The molecular weight excluding hydrogens is 448 g/mol. The van der Waals surface area contributed by atoms with Gasteiger partial charge < -0.3 is 4.42 Å². The Morgan fingerprint density at radius 3 is 2.54 bits per heavy atom. The lowest BCUT2D eigenvalue weighted by Crippen LogP contribution is -2.31. The molecule has 3 nitrogen and oxygen atoms in total. The number of thiophene rings is 1. The van der Waals surface area contributed by atoms with Crippen LogP contribution in [0.4, 0.5) is 0 Å². The first-order chi connectivity index (χ1) is 16.7. The zero-order valence-electron chi connectivity index (χ0n) is 21.5. The maximum Gasteiger partial charge on any atom is 0.287 e. The molecule has 4 heteroatoms. The molecule has 6 aromatic rings. The molecular formula is C31H31N2OS+. The molecule has 0 atom stereocenters. The van der Waals surface area contributed by atoms with Crippen LogP contribution < -0.4 is 4.57 Å².